The number of rotatable bonds is 11. The molecule has 4 N–H and O–H groups in total. The quantitative estimate of drug-likeness (QED) is 0.0555. The molecule has 0 saturated carbocycles. The lowest BCUT2D eigenvalue weighted by Crippen LogP contribution is -2.42. The number of amidine groups is 1. The summed E-state index contributed by atoms with van der Waals surface area (Å²) in [6.07, 6.45) is 4.09. The second-order valence-corrected chi connectivity index (χ2v) is 10.5. The summed E-state index contributed by atoms with van der Waals surface area (Å²) in [7, 11) is 3.06. The Morgan fingerprint density at radius 3 is 2.40 bits per heavy atom. The number of ether oxygens (including phenoxy) is 1. The lowest BCUT2D eigenvalue weighted by atomic mass is 10.0. The number of hydrogen-bond acceptors (Lipinski definition) is 7. The molecule has 2 heterocycles. The van der Waals surface area contributed by atoms with Gasteiger partial charge in [-0.1, -0.05) is 42.5 Å². The highest BCUT2D eigenvalue weighted by Crippen LogP contribution is 2.29. The van der Waals surface area contributed by atoms with Crippen LogP contribution in [0, 0.1) is 5.41 Å². The maximum Gasteiger partial charge on any atom is 0.325 e. The predicted molar refractivity (Wildman–Crippen MR) is 202 cm³/mol. The summed E-state index contributed by atoms with van der Waals surface area (Å²) in [5, 5.41) is 11.5. The number of methoxy groups -OCH3 is 1. The zero-order chi connectivity index (χ0) is 32.1. The number of nitrogen functional groups attached to an aromatic ring is 1. The van der Waals surface area contributed by atoms with Crippen LogP contribution in [0.2, 0.25) is 0 Å². The molecule has 0 aliphatic rings. The summed E-state index contributed by atoms with van der Waals surface area (Å²) in [6.45, 7) is -0.738. The van der Waals surface area contributed by atoms with E-state index in [2.05, 4.69) is 15.0 Å². The highest BCUT2D eigenvalue weighted by Gasteiger charge is 2.25. The number of fused-ring (bicyclic) bond motifs is 2. The number of anilines is 1. The zero-order valence-electron chi connectivity index (χ0n) is 25.7. The standard InChI is InChI=1S/C34H32N6O5.2HI/c1-39-19-27(29(41)15-10-21-8-11-23(12-9-21)33(35)36)26-17-24(13-14-28(26)39)40(20-30(42)38-18-31(43)45-2)34(44)25-7-3-5-22-6-4-16-37-32(22)25;;/h3-9,11-14,16-17,19H,10,15,18,20H2,1-2H3,(H3,35,36)(H,38,42);2*1H. The molecule has 5 rings (SSSR count). The summed E-state index contributed by atoms with van der Waals surface area (Å²) >= 11 is 0. The van der Waals surface area contributed by atoms with Gasteiger partial charge in [-0.25, -0.2) is 0 Å². The molecule has 0 radical (unpaired) electrons. The summed E-state index contributed by atoms with van der Waals surface area (Å²) in [5.74, 6) is -1.76. The van der Waals surface area contributed by atoms with Crippen molar-refractivity contribution in [2.45, 2.75) is 12.8 Å². The Bertz CT molecular complexity index is 1950. The van der Waals surface area contributed by atoms with Crippen molar-refractivity contribution in [3.05, 3.63) is 107 Å². The van der Waals surface area contributed by atoms with Gasteiger partial charge in [-0.3, -0.25) is 34.5 Å². The normalized spacial score (nSPS) is 10.4. The van der Waals surface area contributed by atoms with Crippen molar-refractivity contribution >= 4 is 105 Å². The molecule has 0 aliphatic heterocycles. The maximum absolute atomic E-state index is 14.1. The van der Waals surface area contributed by atoms with Gasteiger partial charge in [0.1, 0.15) is 18.9 Å². The van der Waals surface area contributed by atoms with Gasteiger partial charge in [0.15, 0.2) is 5.78 Å². The van der Waals surface area contributed by atoms with Crippen LogP contribution >= 0.6 is 48.0 Å². The molecule has 0 bridgehead atoms. The van der Waals surface area contributed by atoms with Crippen molar-refractivity contribution in [2.75, 3.05) is 25.1 Å². The first kappa shape index (κ1) is 37.1. The molecular weight excluding hydrogens is 826 g/mol. The van der Waals surface area contributed by atoms with Gasteiger partial charge in [0.2, 0.25) is 5.91 Å². The van der Waals surface area contributed by atoms with E-state index >= 15 is 0 Å². The van der Waals surface area contributed by atoms with Crippen molar-refractivity contribution < 1.29 is 23.9 Å². The van der Waals surface area contributed by atoms with E-state index in [4.69, 9.17) is 11.1 Å². The van der Waals surface area contributed by atoms with Crippen LogP contribution in [0.5, 0.6) is 0 Å². The summed E-state index contributed by atoms with van der Waals surface area (Å²) in [4.78, 5) is 57.9. The number of nitrogens with zero attached hydrogens (tertiary/aromatic N) is 3. The number of Topliss-reactive ketones (excluding diaryl/α,β-unsaturated/α-hetero) is 1. The van der Waals surface area contributed by atoms with Crippen LogP contribution in [0.4, 0.5) is 5.69 Å². The van der Waals surface area contributed by atoms with Crippen LogP contribution < -0.4 is 16.0 Å². The van der Waals surface area contributed by atoms with Gasteiger partial charge >= 0.3 is 5.97 Å². The Hall–Kier alpha value is -4.38. The van der Waals surface area contributed by atoms with Crippen LogP contribution in [-0.4, -0.2) is 59.2 Å². The number of carbonyl (C=O) groups excluding carboxylic acids is 4. The number of benzene rings is 3. The average molecular weight is 860 g/mol. The zero-order valence-corrected chi connectivity index (χ0v) is 30.3. The highest BCUT2D eigenvalue weighted by atomic mass is 127. The molecule has 244 valence electrons. The van der Waals surface area contributed by atoms with Crippen molar-refractivity contribution in [3.63, 3.8) is 0 Å². The molecule has 5 aromatic rings. The SMILES string of the molecule is COC(=O)CNC(=O)CN(C(=O)c1cccc2cccnc12)c1ccc2c(c1)c(C(=O)CCc1ccc(C(=N)N)cc1)cn2C.I.I. The third-order valence-electron chi connectivity index (χ3n) is 7.56. The topological polar surface area (TPSA) is 160 Å². The molecule has 2 amide bonds. The van der Waals surface area contributed by atoms with Crippen molar-refractivity contribution in [3.8, 4) is 0 Å². The van der Waals surface area contributed by atoms with Gasteiger partial charge in [0.25, 0.3) is 5.91 Å². The van der Waals surface area contributed by atoms with E-state index in [9.17, 15) is 19.2 Å². The number of hydrogen-bond donors (Lipinski definition) is 3. The van der Waals surface area contributed by atoms with Crippen LogP contribution in [0.1, 0.15) is 38.3 Å². The molecule has 2 aromatic heterocycles. The summed E-state index contributed by atoms with van der Waals surface area (Å²) < 4.78 is 6.46. The first-order valence-corrected chi connectivity index (χ1v) is 14.2. The molecule has 11 nitrogen and oxygen atoms in total. The number of nitrogens with one attached hydrogen (secondary N) is 2. The molecule has 0 aliphatic carbocycles. The second-order valence-electron chi connectivity index (χ2n) is 10.5. The van der Waals surface area contributed by atoms with E-state index in [1.807, 2.05) is 35.9 Å². The molecule has 0 atom stereocenters. The summed E-state index contributed by atoms with van der Waals surface area (Å²) in [6, 6.07) is 21.3. The van der Waals surface area contributed by atoms with Crippen molar-refractivity contribution in [1.82, 2.24) is 14.9 Å². The predicted octanol–water partition coefficient (Wildman–Crippen LogP) is 5.00. The number of ketones is 1. The first-order chi connectivity index (χ1) is 21.7. The number of aryl methyl sites for hydroxylation is 2. The fourth-order valence-electron chi connectivity index (χ4n) is 5.16. The fourth-order valence-corrected chi connectivity index (χ4v) is 5.16. The molecule has 0 fully saturated rings. The molecule has 3 aromatic carbocycles. The van der Waals surface area contributed by atoms with Crippen molar-refractivity contribution in [1.29, 1.82) is 5.41 Å². The minimum Gasteiger partial charge on any atom is -0.468 e. The molecular formula is C34H34I2N6O5. The van der Waals surface area contributed by atoms with E-state index < -0.39 is 24.3 Å². The Kier molecular flexibility index (Phi) is 13.0. The van der Waals surface area contributed by atoms with Crippen LogP contribution in [-0.2, 0) is 27.8 Å². The monoisotopic (exact) mass is 860 g/mol. The highest BCUT2D eigenvalue weighted by molar-refractivity contribution is 14.0. The number of amides is 2. The Balaban J connectivity index is 0.00000300. The van der Waals surface area contributed by atoms with Crippen LogP contribution in [0.15, 0.2) is 85.2 Å². The van der Waals surface area contributed by atoms with E-state index in [1.165, 1.54) is 12.0 Å². The van der Waals surface area contributed by atoms with Crippen molar-refractivity contribution in [2.24, 2.45) is 12.8 Å². The minimum atomic E-state index is -0.622. The molecule has 13 heteroatoms. The van der Waals surface area contributed by atoms with E-state index in [0.29, 0.717) is 39.7 Å². The number of para-hydroxylation sites is 1. The number of esters is 1. The molecule has 0 unspecified atom stereocenters. The summed E-state index contributed by atoms with van der Waals surface area (Å²) in [5.41, 5.74) is 9.55. The lowest BCUT2D eigenvalue weighted by Gasteiger charge is -2.23. The van der Waals surface area contributed by atoms with Crippen LogP contribution in [0.25, 0.3) is 21.8 Å². The van der Waals surface area contributed by atoms with E-state index in [-0.39, 0.29) is 72.5 Å². The number of nitrogens with two attached hydrogens (primary N) is 1. The van der Waals surface area contributed by atoms with Gasteiger partial charge in [0, 0.05) is 59.0 Å². The van der Waals surface area contributed by atoms with Crippen LogP contribution in [0.3, 0.4) is 0 Å². The maximum atomic E-state index is 14.1. The second kappa shape index (κ2) is 16.4. The van der Waals surface area contributed by atoms with E-state index in [0.717, 1.165) is 16.5 Å². The first-order valence-electron chi connectivity index (χ1n) is 14.2. The molecule has 47 heavy (non-hydrogen) atoms. The Morgan fingerprint density at radius 1 is 0.979 bits per heavy atom. The van der Waals surface area contributed by atoms with Gasteiger partial charge in [-0.15, -0.1) is 48.0 Å². The third-order valence-corrected chi connectivity index (χ3v) is 7.56. The third kappa shape index (κ3) is 8.51. The Labute approximate surface area is 305 Å². The van der Waals surface area contributed by atoms with Gasteiger partial charge in [-0.05, 0) is 42.3 Å². The van der Waals surface area contributed by atoms with Gasteiger partial charge in [0.05, 0.1) is 18.2 Å². The largest absolute Gasteiger partial charge is 0.468 e. The Morgan fingerprint density at radius 2 is 1.70 bits per heavy atom. The fraction of sp³-hybridized carbons (Fsp3) is 0.176. The minimum absolute atomic E-state index is 0. The van der Waals surface area contributed by atoms with Gasteiger partial charge < -0.3 is 20.4 Å². The van der Waals surface area contributed by atoms with E-state index in [1.54, 1.807) is 60.9 Å². The van der Waals surface area contributed by atoms with Gasteiger partial charge in [-0.2, -0.15) is 0 Å². The average Bonchev–Trinajstić information content (AvgIpc) is 3.39. The number of pyridine rings is 1. The molecule has 0 spiro atoms. The number of aromatic nitrogens is 2. The lowest BCUT2D eigenvalue weighted by molar-refractivity contribution is -0.141. The number of carbonyl (C=O) groups is 4. The smallest absolute Gasteiger partial charge is 0.325 e. The number of halogens is 2. The molecule has 0 saturated heterocycles.